The molecule has 0 saturated heterocycles. The smallest absolute Gasteiger partial charge is 0.267 e. The number of nitrogens with one attached hydrogen (secondary N) is 1. The van der Waals surface area contributed by atoms with Gasteiger partial charge in [-0.05, 0) is 40.7 Å². The average molecular weight is 431 g/mol. The molecule has 1 heterocycles. The van der Waals surface area contributed by atoms with Crippen LogP contribution < -0.4 is 14.4 Å². The van der Waals surface area contributed by atoms with Crippen molar-refractivity contribution in [3.8, 4) is 5.75 Å². The van der Waals surface area contributed by atoms with E-state index in [1.807, 2.05) is 36.4 Å². The van der Waals surface area contributed by atoms with Crippen LogP contribution in [0.4, 0.5) is 11.4 Å². The number of anilines is 2. The fourth-order valence-corrected chi connectivity index (χ4v) is 4.40. The number of amides is 1. The van der Waals surface area contributed by atoms with Gasteiger partial charge in [-0.1, -0.05) is 58.9 Å². The van der Waals surface area contributed by atoms with Gasteiger partial charge in [-0.2, -0.15) is 0 Å². The Bertz CT molecular complexity index is 1060. The fourth-order valence-electron chi connectivity index (χ4n) is 3.50. The number of para-hydroxylation sites is 1. The number of hydrogen-bond donors (Lipinski definition) is 1. The van der Waals surface area contributed by atoms with Gasteiger partial charge in [-0.25, -0.2) is 8.42 Å². The Kier molecular flexibility index (Phi) is 5.87. The van der Waals surface area contributed by atoms with Crippen LogP contribution in [0.1, 0.15) is 51.7 Å². The van der Waals surface area contributed by atoms with Crippen LogP contribution in [0.15, 0.2) is 42.5 Å². The Balaban J connectivity index is 1.94. The number of rotatable bonds is 4. The molecule has 1 atom stereocenters. The molecule has 3 rings (SSSR count). The predicted octanol–water partition coefficient (Wildman–Crippen LogP) is 4.27. The first-order valence-corrected chi connectivity index (χ1v) is 11.9. The van der Waals surface area contributed by atoms with Crippen molar-refractivity contribution < 1.29 is 17.9 Å². The van der Waals surface area contributed by atoms with Crippen molar-refractivity contribution >= 4 is 27.3 Å². The van der Waals surface area contributed by atoms with Crippen LogP contribution >= 0.6 is 0 Å². The van der Waals surface area contributed by atoms with E-state index in [0.29, 0.717) is 17.1 Å². The molecule has 1 N–H and O–H groups in total. The largest absolute Gasteiger partial charge is 0.476 e. The molecule has 7 heteroatoms. The molecule has 0 radical (unpaired) electrons. The topological polar surface area (TPSA) is 75.7 Å². The van der Waals surface area contributed by atoms with E-state index in [0.717, 1.165) is 17.4 Å². The molecule has 0 bridgehead atoms. The van der Waals surface area contributed by atoms with Crippen LogP contribution in [0.5, 0.6) is 5.75 Å². The monoisotopic (exact) mass is 430 g/mol. The Morgan fingerprint density at radius 3 is 2.43 bits per heavy atom. The maximum Gasteiger partial charge on any atom is 0.267 e. The lowest BCUT2D eigenvalue weighted by molar-refractivity contribution is -0.122. The fraction of sp³-hybridized carbons (Fsp3) is 0.435. The van der Waals surface area contributed by atoms with Gasteiger partial charge in [0.05, 0.1) is 18.5 Å². The zero-order valence-corrected chi connectivity index (χ0v) is 19.2. The lowest BCUT2D eigenvalue weighted by Crippen LogP contribution is -2.48. The van der Waals surface area contributed by atoms with Gasteiger partial charge in [0.15, 0.2) is 6.10 Å². The summed E-state index contributed by atoms with van der Waals surface area (Å²) in [7, 11) is -3.59. The Labute approximate surface area is 179 Å². The quantitative estimate of drug-likeness (QED) is 0.786. The number of carbonyl (C=O) groups is 1. The van der Waals surface area contributed by atoms with E-state index in [2.05, 4.69) is 39.9 Å². The van der Waals surface area contributed by atoms with Crippen molar-refractivity contribution in [2.75, 3.05) is 22.4 Å². The SMILES string of the molecule is CC(C)c1ccccc1NC(=O)[C@@H]1CN(S(C)(=O)=O)c2cc(C(C)(C)C)ccc2O1. The highest BCUT2D eigenvalue weighted by molar-refractivity contribution is 7.92. The molecule has 1 amide bonds. The molecule has 1 aliphatic heterocycles. The molecule has 0 aliphatic carbocycles. The molecule has 6 nitrogen and oxygen atoms in total. The van der Waals surface area contributed by atoms with Crippen LogP contribution in [0.25, 0.3) is 0 Å². The van der Waals surface area contributed by atoms with Crippen LogP contribution in [0.2, 0.25) is 0 Å². The Hall–Kier alpha value is -2.54. The average Bonchev–Trinajstić information content (AvgIpc) is 2.65. The minimum Gasteiger partial charge on any atom is -0.476 e. The van der Waals surface area contributed by atoms with Crippen molar-refractivity contribution in [1.82, 2.24) is 0 Å². The van der Waals surface area contributed by atoms with Crippen LogP contribution in [-0.4, -0.2) is 33.2 Å². The minimum absolute atomic E-state index is 0.0743. The van der Waals surface area contributed by atoms with E-state index >= 15 is 0 Å². The number of sulfonamides is 1. The van der Waals surface area contributed by atoms with Gasteiger partial charge in [0, 0.05) is 5.69 Å². The van der Waals surface area contributed by atoms with Crippen LogP contribution in [-0.2, 0) is 20.2 Å². The van der Waals surface area contributed by atoms with Crippen molar-refractivity contribution in [3.63, 3.8) is 0 Å². The standard InChI is InChI=1S/C23H30N2O4S/c1-15(2)17-9-7-8-10-18(17)24-22(26)21-14-25(30(6,27)28)19-13-16(23(3,4)5)11-12-20(19)29-21/h7-13,15,21H,14H2,1-6H3,(H,24,26)/t21-/m0/s1. The summed E-state index contributed by atoms with van der Waals surface area (Å²) >= 11 is 0. The summed E-state index contributed by atoms with van der Waals surface area (Å²) in [5.74, 6) is 0.247. The Morgan fingerprint density at radius 1 is 1.17 bits per heavy atom. The summed E-state index contributed by atoms with van der Waals surface area (Å²) in [6, 6.07) is 13.1. The van der Waals surface area contributed by atoms with Crippen molar-refractivity contribution in [1.29, 1.82) is 0 Å². The molecule has 162 valence electrons. The summed E-state index contributed by atoms with van der Waals surface area (Å²) in [5.41, 5.74) is 3.04. The first-order chi connectivity index (χ1) is 13.9. The zero-order valence-electron chi connectivity index (χ0n) is 18.4. The first-order valence-electron chi connectivity index (χ1n) is 10.1. The van der Waals surface area contributed by atoms with E-state index in [1.165, 1.54) is 4.31 Å². The van der Waals surface area contributed by atoms with E-state index in [-0.39, 0.29) is 23.8 Å². The van der Waals surface area contributed by atoms with E-state index < -0.39 is 16.1 Å². The number of benzene rings is 2. The van der Waals surface area contributed by atoms with Crippen molar-refractivity contribution in [2.24, 2.45) is 0 Å². The molecule has 0 unspecified atom stereocenters. The predicted molar refractivity (Wildman–Crippen MR) is 121 cm³/mol. The highest BCUT2D eigenvalue weighted by Crippen LogP contribution is 2.38. The molecule has 0 aromatic heterocycles. The first kappa shape index (κ1) is 22.2. The molecular formula is C23H30N2O4S. The number of hydrogen-bond acceptors (Lipinski definition) is 4. The molecular weight excluding hydrogens is 400 g/mol. The molecule has 0 saturated carbocycles. The van der Waals surface area contributed by atoms with Crippen molar-refractivity contribution in [2.45, 2.75) is 52.1 Å². The van der Waals surface area contributed by atoms with Crippen LogP contribution in [0, 0.1) is 0 Å². The van der Waals surface area contributed by atoms with Gasteiger partial charge < -0.3 is 10.1 Å². The maximum atomic E-state index is 13.0. The number of carbonyl (C=O) groups excluding carboxylic acids is 1. The van der Waals surface area contributed by atoms with Gasteiger partial charge in [0.2, 0.25) is 10.0 Å². The third-order valence-electron chi connectivity index (χ3n) is 5.23. The minimum atomic E-state index is -3.59. The molecule has 2 aromatic carbocycles. The Morgan fingerprint density at radius 2 is 1.83 bits per heavy atom. The number of ether oxygens (including phenoxy) is 1. The van der Waals surface area contributed by atoms with Crippen LogP contribution in [0.3, 0.4) is 0 Å². The highest BCUT2D eigenvalue weighted by atomic mass is 32.2. The van der Waals surface area contributed by atoms with Gasteiger partial charge in [-0.15, -0.1) is 0 Å². The molecule has 1 aliphatic rings. The molecule has 30 heavy (non-hydrogen) atoms. The third-order valence-corrected chi connectivity index (χ3v) is 6.37. The third kappa shape index (κ3) is 4.61. The molecule has 0 spiro atoms. The second-order valence-electron chi connectivity index (χ2n) is 9.06. The summed E-state index contributed by atoms with van der Waals surface area (Å²) in [6.45, 7) is 10.2. The van der Waals surface area contributed by atoms with Gasteiger partial charge in [0.25, 0.3) is 5.91 Å². The maximum absolute atomic E-state index is 13.0. The van der Waals surface area contributed by atoms with Gasteiger partial charge in [0.1, 0.15) is 5.75 Å². The second kappa shape index (κ2) is 7.95. The lowest BCUT2D eigenvalue weighted by Gasteiger charge is -2.35. The van der Waals surface area contributed by atoms with E-state index in [4.69, 9.17) is 4.74 Å². The summed E-state index contributed by atoms with van der Waals surface area (Å²) in [4.78, 5) is 13.0. The van der Waals surface area contributed by atoms with E-state index in [1.54, 1.807) is 6.07 Å². The summed E-state index contributed by atoms with van der Waals surface area (Å²) < 4.78 is 32.2. The summed E-state index contributed by atoms with van der Waals surface area (Å²) in [6.07, 6.45) is 0.197. The molecule has 0 fully saturated rings. The second-order valence-corrected chi connectivity index (χ2v) is 11.0. The lowest BCUT2D eigenvalue weighted by atomic mass is 9.86. The summed E-state index contributed by atoms with van der Waals surface area (Å²) in [5, 5.41) is 2.91. The molecule has 2 aromatic rings. The van der Waals surface area contributed by atoms with Gasteiger partial charge >= 0.3 is 0 Å². The normalized spacial score (nSPS) is 16.8. The van der Waals surface area contributed by atoms with E-state index in [9.17, 15) is 13.2 Å². The van der Waals surface area contributed by atoms with Crippen molar-refractivity contribution in [3.05, 3.63) is 53.6 Å². The number of fused-ring (bicyclic) bond motifs is 1. The zero-order chi connectivity index (χ0) is 22.3. The highest BCUT2D eigenvalue weighted by Gasteiger charge is 2.36. The van der Waals surface area contributed by atoms with Gasteiger partial charge in [-0.3, -0.25) is 9.10 Å². The number of nitrogens with zero attached hydrogens (tertiary/aromatic N) is 1.